The van der Waals surface area contributed by atoms with Crippen molar-refractivity contribution in [2.45, 2.75) is 19.0 Å². The number of halogens is 4. The Balaban J connectivity index is 1.90. The van der Waals surface area contributed by atoms with Crippen molar-refractivity contribution in [2.75, 3.05) is 6.54 Å². The lowest BCUT2D eigenvalue weighted by Gasteiger charge is -2.11. The highest BCUT2D eigenvalue weighted by Crippen LogP contribution is 2.31. The average Bonchev–Trinajstić information content (AvgIpc) is 2.88. The van der Waals surface area contributed by atoms with Crippen LogP contribution in [0.25, 0.3) is 0 Å². The normalized spacial score (nSPS) is 11.5. The fourth-order valence-corrected chi connectivity index (χ4v) is 2.99. The second-order valence-electron chi connectivity index (χ2n) is 4.48. The van der Waals surface area contributed by atoms with Crippen LogP contribution in [0.4, 0.5) is 13.2 Å². The lowest BCUT2D eigenvalue weighted by atomic mass is 10.1. The first-order valence-electron chi connectivity index (χ1n) is 6.41. The first-order chi connectivity index (χ1) is 10.4. The second-order valence-corrected chi connectivity index (χ2v) is 6.28. The number of thiophene rings is 1. The number of nitrogens with one attached hydrogen (secondary N) is 1. The number of rotatable bonds is 5. The molecule has 0 atom stereocenters. The van der Waals surface area contributed by atoms with Gasteiger partial charge in [-0.25, -0.2) is 0 Å². The summed E-state index contributed by atoms with van der Waals surface area (Å²) in [6.45, 7) is 0.286. The standard InChI is InChI=1S/C14H12ClF3N2OS/c15-12-4-3-9(22-12)2-1-6-20-13(21)10-5-7-19-8-11(10)14(16,17)18/h3-5,7-8H,1-2,6H2,(H,20,21). The molecule has 0 bridgehead atoms. The van der Waals surface area contributed by atoms with Crippen molar-refractivity contribution >= 4 is 28.8 Å². The van der Waals surface area contributed by atoms with E-state index in [-0.39, 0.29) is 6.54 Å². The first-order valence-corrected chi connectivity index (χ1v) is 7.61. The van der Waals surface area contributed by atoms with E-state index in [1.54, 1.807) is 6.07 Å². The molecule has 0 fully saturated rings. The highest BCUT2D eigenvalue weighted by Gasteiger charge is 2.35. The fourth-order valence-electron chi connectivity index (χ4n) is 1.86. The van der Waals surface area contributed by atoms with Crippen molar-refractivity contribution in [1.82, 2.24) is 10.3 Å². The smallest absolute Gasteiger partial charge is 0.352 e. The number of alkyl halides is 3. The third kappa shape index (κ3) is 4.45. The topological polar surface area (TPSA) is 42.0 Å². The van der Waals surface area contributed by atoms with Gasteiger partial charge >= 0.3 is 6.18 Å². The van der Waals surface area contributed by atoms with Crippen LogP contribution >= 0.6 is 22.9 Å². The molecule has 0 saturated carbocycles. The summed E-state index contributed by atoms with van der Waals surface area (Å²) in [6, 6.07) is 4.74. The highest BCUT2D eigenvalue weighted by atomic mass is 35.5. The Morgan fingerprint density at radius 3 is 2.73 bits per heavy atom. The molecule has 22 heavy (non-hydrogen) atoms. The zero-order chi connectivity index (χ0) is 16.2. The summed E-state index contributed by atoms with van der Waals surface area (Å²) in [5.41, 5.74) is -1.45. The number of carbonyl (C=O) groups is 1. The number of hydrogen-bond acceptors (Lipinski definition) is 3. The Labute approximate surface area is 134 Å². The molecule has 1 amide bonds. The lowest BCUT2D eigenvalue weighted by molar-refractivity contribution is -0.138. The van der Waals surface area contributed by atoms with E-state index in [1.807, 2.05) is 6.07 Å². The van der Waals surface area contributed by atoms with Gasteiger partial charge in [0, 0.05) is 23.8 Å². The molecular formula is C14H12ClF3N2OS. The van der Waals surface area contributed by atoms with E-state index >= 15 is 0 Å². The number of hydrogen-bond donors (Lipinski definition) is 1. The van der Waals surface area contributed by atoms with Gasteiger partial charge in [-0.1, -0.05) is 11.6 Å². The molecule has 1 N–H and O–H groups in total. The van der Waals surface area contributed by atoms with Gasteiger partial charge < -0.3 is 5.32 Å². The summed E-state index contributed by atoms with van der Waals surface area (Å²) in [5, 5.41) is 2.49. The minimum absolute atomic E-state index is 0.286. The molecule has 0 aliphatic heterocycles. The second kappa shape index (κ2) is 7.11. The summed E-state index contributed by atoms with van der Waals surface area (Å²) in [7, 11) is 0. The Morgan fingerprint density at radius 2 is 2.09 bits per heavy atom. The molecule has 0 aromatic carbocycles. The maximum Gasteiger partial charge on any atom is 0.418 e. The molecule has 0 saturated heterocycles. The van der Waals surface area contributed by atoms with Crippen molar-refractivity contribution < 1.29 is 18.0 Å². The van der Waals surface area contributed by atoms with Crippen molar-refractivity contribution in [3.05, 3.63) is 50.9 Å². The van der Waals surface area contributed by atoms with Gasteiger partial charge in [-0.15, -0.1) is 11.3 Å². The summed E-state index contributed by atoms with van der Waals surface area (Å²) < 4.78 is 39.1. The molecular weight excluding hydrogens is 337 g/mol. The predicted molar refractivity (Wildman–Crippen MR) is 79.2 cm³/mol. The number of carbonyl (C=O) groups excluding carboxylic acids is 1. The van der Waals surface area contributed by atoms with Gasteiger partial charge in [-0.05, 0) is 31.0 Å². The molecule has 8 heteroatoms. The van der Waals surface area contributed by atoms with Gasteiger partial charge in [0.1, 0.15) is 0 Å². The van der Waals surface area contributed by atoms with Crippen LogP contribution in [0.1, 0.15) is 27.2 Å². The third-order valence-corrected chi connectivity index (χ3v) is 4.18. The first kappa shape index (κ1) is 16.8. The van der Waals surface area contributed by atoms with Crippen LogP contribution in [0.15, 0.2) is 30.6 Å². The molecule has 0 radical (unpaired) electrons. The van der Waals surface area contributed by atoms with Crippen LogP contribution in [-0.4, -0.2) is 17.4 Å². The minimum Gasteiger partial charge on any atom is -0.352 e. The van der Waals surface area contributed by atoms with E-state index in [2.05, 4.69) is 10.3 Å². The molecule has 2 heterocycles. The monoisotopic (exact) mass is 348 g/mol. The maximum absolute atomic E-state index is 12.8. The van der Waals surface area contributed by atoms with E-state index in [4.69, 9.17) is 11.6 Å². The van der Waals surface area contributed by atoms with E-state index in [0.717, 1.165) is 17.1 Å². The molecule has 2 rings (SSSR count). The fraction of sp³-hybridized carbons (Fsp3) is 0.286. The lowest BCUT2D eigenvalue weighted by Crippen LogP contribution is -2.27. The van der Waals surface area contributed by atoms with Crippen molar-refractivity contribution in [1.29, 1.82) is 0 Å². The molecule has 0 aliphatic rings. The molecule has 2 aromatic heterocycles. The quantitative estimate of drug-likeness (QED) is 0.824. The molecule has 0 unspecified atom stereocenters. The molecule has 0 aliphatic carbocycles. The van der Waals surface area contributed by atoms with Crippen LogP contribution in [0.2, 0.25) is 4.34 Å². The largest absolute Gasteiger partial charge is 0.418 e. The van der Waals surface area contributed by atoms with E-state index in [1.165, 1.54) is 11.3 Å². The zero-order valence-corrected chi connectivity index (χ0v) is 12.9. The number of aryl methyl sites for hydroxylation is 1. The molecule has 0 spiro atoms. The van der Waals surface area contributed by atoms with Crippen LogP contribution in [0.3, 0.4) is 0 Å². The summed E-state index contributed by atoms with van der Waals surface area (Å²) >= 11 is 7.24. The number of pyridine rings is 1. The molecule has 2 aromatic rings. The average molecular weight is 349 g/mol. The SMILES string of the molecule is O=C(NCCCc1ccc(Cl)s1)c1ccncc1C(F)(F)F. The van der Waals surface area contributed by atoms with E-state index in [0.29, 0.717) is 23.4 Å². The number of nitrogens with zero attached hydrogens (tertiary/aromatic N) is 1. The number of aromatic nitrogens is 1. The summed E-state index contributed by atoms with van der Waals surface area (Å²) in [6.07, 6.45) is -1.45. The Hall–Kier alpha value is -1.60. The Bertz CT molecular complexity index is 658. The third-order valence-electron chi connectivity index (χ3n) is 2.89. The van der Waals surface area contributed by atoms with E-state index < -0.39 is 23.2 Å². The number of amides is 1. The van der Waals surface area contributed by atoms with Crippen molar-refractivity contribution in [3.63, 3.8) is 0 Å². The van der Waals surface area contributed by atoms with Gasteiger partial charge in [0.2, 0.25) is 0 Å². The van der Waals surface area contributed by atoms with Crippen LogP contribution in [-0.2, 0) is 12.6 Å². The van der Waals surface area contributed by atoms with Crippen molar-refractivity contribution in [2.24, 2.45) is 0 Å². The predicted octanol–water partition coefficient (Wildman–Crippen LogP) is 4.18. The van der Waals surface area contributed by atoms with Gasteiger partial charge in [0.05, 0.1) is 15.5 Å². The maximum atomic E-state index is 12.8. The van der Waals surface area contributed by atoms with Gasteiger partial charge in [-0.2, -0.15) is 13.2 Å². The van der Waals surface area contributed by atoms with Gasteiger partial charge in [-0.3, -0.25) is 9.78 Å². The minimum atomic E-state index is -4.60. The van der Waals surface area contributed by atoms with Gasteiger partial charge in [0.15, 0.2) is 0 Å². The molecule has 118 valence electrons. The Kier molecular flexibility index (Phi) is 5.42. The van der Waals surface area contributed by atoms with Crippen molar-refractivity contribution in [3.8, 4) is 0 Å². The Morgan fingerprint density at radius 1 is 1.32 bits per heavy atom. The van der Waals surface area contributed by atoms with E-state index in [9.17, 15) is 18.0 Å². The van der Waals surface area contributed by atoms with Crippen LogP contribution in [0.5, 0.6) is 0 Å². The summed E-state index contributed by atoms with van der Waals surface area (Å²) in [5.74, 6) is -0.751. The zero-order valence-electron chi connectivity index (χ0n) is 11.3. The molecule has 3 nitrogen and oxygen atoms in total. The van der Waals surface area contributed by atoms with Gasteiger partial charge in [0.25, 0.3) is 5.91 Å². The van der Waals surface area contributed by atoms with Crippen LogP contribution in [0, 0.1) is 0 Å². The van der Waals surface area contributed by atoms with Crippen LogP contribution < -0.4 is 5.32 Å². The highest BCUT2D eigenvalue weighted by molar-refractivity contribution is 7.16. The summed E-state index contributed by atoms with van der Waals surface area (Å²) in [4.78, 5) is 16.4.